The van der Waals surface area contributed by atoms with Crippen molar-refractivity contribution in [1.82, 2.24) is 5.32 Å². The number of carbonyl (C=O) groups excluding carboxylic acids is 1. The molecule has 0 saturated carbocycles. The van der Waals surface area contributed by atoms with Gasteiger partial charge in [0.1, 0.15) is 6.54 Å². The third kappa shape index (κ3) is 3.52. The van der Waals surface area contributed by atoms with Crippen molar-refractivity contribution in [2.75, 3.05) is 6.54 Å². The van der Waals surface area contributed by atoms with Crippen molar-refractivity contribution >= 4 is 21.8 Å². The van der Waals surface area contributed by atoms with Gasteiger partial charge in [0.2, 0.25) is 0 Å². The second-order valence-electron chi connectivity index (χ2n) is 3.21. The van der Waals surface area contributed by atoms with E-state index in [0.717, 1.165) is 0 Å². The molecule has 0 unspecified atom stereocenters. The number of rotatable bonds is 2. The van der Waals surface area contributed by atoms with Crippen LogP contribution in [0.2, 0.25) is 0 Å². The summed E-state index contributed by atoms with van der Waals surface area (Å²) in [5, 5.41) is 1.82. The molecule has 88 valence electrons. The second kappa shape index (κ2) is 4.86. The number of hydrogen-bond acceptors (Lipinski definition) is 1. The van der Waals surface area contributed by atoms with Crippen LogP contribution in [0.1, 0.15) is 15.9 Å². The first-order chi connectivity index (χ1) is 7.31. The number of benzene rings is 1. The van der Waals surface area contributed by atoms with Crippen molar-refractivity contribution < 1.29 is 18.0 Å². The summed E-state index contributed by atoms with van der Waals surface area (Å²) in [6.45, 7) is 0.338. The Balaban J connectivity index is 2.78. The molecule has 1 rings (SSSR count). The lowest BCUT2D eigenvalue weighted by Gasteiger charge is -2.10. The fourth-order valence-electron chi connectivity index (χ4n) is 1.13. The first kappa shape index (κ1) is 13.0. The predicted molar refractivity (Wildman–Crippen MR) is 57.3 cm³/mol. The zero-order chi connectivity index (χ0) is 12.3. The lowest BCUT2D eigenvalue weighted by Crippen LogP contribution is -2.34. The predicted octanol–water partition coefficient (Wildman–Crippen LogP) is 3.05. The molecule has 0 aliphatic heterocycles. The maximum atomic E-state index is 11.9. The summed E-state index contributed by atoms with van der Waals surface area (Å²) in [6.07, 6.45) is -4.39. The molecule has 6 heteroatoms. The second-order valence-corrected chi connectivity index (χ2v) is 4.06. The van der Waals surface area contributed by atoms with Crippen molar-refractivity contribution in [1.29, 1.82) is 0 Å². The molecule has 1 aromatic carbocycles. The minimum Gasteiger partial charge on any atom is -0.343 e. The fourth-order valence-corrected chi connectivity index (χ4v) is 1.50. The topological polar surface area (TPSA) is 29.1 Å². The van der Waals surface area contributed by atoms with Gasteiger partial charge in [0.25, 0.3) is 5.91 Å². The van der Waals surface area contributed by atoms with E-state index in [0.29, 0.717) is 10.0 Å². The average Bonchev–Trinajstić information content (AvgIpc) is 2.17. The van der Waals surface area contributed by atoms with Gasteiger partial charge in [-0.2, -0.15) is 13.2 Å². The first-order valence-corrected chi connectivity index (χ1v) is 5.20. The van der Waals surface area contributed by atoms with Gasteiger partial charge in [0.05, 0.1) is 0 Å². The number of amides is 1. The van der Waals surface area contributed by atoms with Crippen LogP contribution in [0.3, 0.4) is 0 Å². The summed E-state index contributed by atoms with van der Waals surface area (Å²) < 4.78 is 36.3. The maximum Gasteiger partial charge on any atom is 0.405 e. The van der Waals surface area contributed by atoms with Gasteiger partial charge < -0.3 is 5.32 Å². The normalized spacial score (nSPS) is 11.3. The van der Waals surface area contributed by atoms with E-state index in [-0.39, 0.29) is 5.56 Å². The molecule has 2 nitrogen and oxygen atoms in total. The van der Waals surface area contributed by atoms with Gasteiger partial charge in [0, 0.05) is 10.0 Å². The van der Waals surface area contributed by atoms with Crippen LogP contribution in [0.5, 0.6) is 0 Å². The molecular formula is C10H9BrF3NO. The number of hydrogen-bond donors (Lipinski definition) is 1. The van der Waals surface area contributed by atoms with Gasteiger partial charge in [-0.25, -0.2) is 0 Å². The molecule has 1 aromatic rings. The fraction of sp³-hybridized carbons (Fsp3) is 0.300. The van der Waals surface area contributed by atoms with Crippen LogP contribution in [0.25, 0.3) is 0 Å². The number of carbonyl (C=O) groups is 1. The minimum absolute atomic E-state index is 0.235. The lowest BCUT2D eigenvalue weighted by molar-refractivity contribution is -0.123. The zero-order valence-electron chi connectivity index (χ0n) is 8.36. The summed E-state index contributed by atoms with van der Waals surface area (Å²) in [5.41, 5.74) is 0.848. The summed E-state index contributed by atoms with van der Waals surface area (Å²) in [6, 6.07) is 4.79. The number of alkyl halides is 3. The summed E-state index contributed by atoms with van der Waals surface area (Å²) in [7, 11) is 0. The molecule has 0 aliphatic rings. The first-order valence-electron chi connectivity index (χ1n) is 4.41. The van der Waals surface area contributed by atoms with E-state index in [2.05, 4.69) is 15.9 Å². The Morgan fingerprint density at radius 3 is 2.62 bits per heavy atom. The Morgan fingerprint density at radius 2 is 2.06 bits per heavy atom. The Labute approximate surface area is 99.0 Å². The molecule has 0 atom stereocenters. The van der Waals surface area contributed by atoms with E-state index in [1.165, 1.54) is 6.07 Å². The summed E-state index contributed by atoms with van der Waals surface area (Å²) in [5.74, 6) is -0.726. The van der Waals surface area contributed by atoms with E-state index in [1.807, 2.05) is 5.32 Å². The minimum atomic E-state index is -4.39. The van der Waals surface area contributed by atoms with Crippen molar-refractivity contribution in [2.45, 2.75) is 13.1 Å². The lowest BCUT2D eigenvalue weighted by atomic mass is 10.1. The van der Waals surface area contributed by atoms with Crippen LogP contribution >= 0.6 is 15.9 Å². The molecule has 0 fully saturated rings. The van der Waals surface area contributed by atoms with Crippen molar-refractivity contribution in [3.8, 4) is 0 Å². The molecule has 16 heavy (non-hydrogen) atoms. The van der Waals surface area contributed by atoms with E-state index in [9.17, 15) is 18.0 Å². The van der Waals surface area contributed by atoms with E-state index < -0.39 is 18.6 Å². The highest BCUT2D eigenvalue weighted by atomic mass is 79.9. The molecule has 0 heterocycles. The molecular weight excluding hydrogens is 287 g/mol. The Kier molecular flexibility index (Phi) is 3.96. The van der Waals surface area contributed by atoms with Gasteiger partial charge in [-0.1, -0.05) is 22.0 Å². The van der Waals surface area contributed by atoms with Gasteiger partial charge in [-0.15, -0.1) is 0 Å². The SMILES string of the molecule is Cc1c(Br)cccc1C(=O)NCC(F)(F)F. The molecule has 0 spiro atoms. The van der Waals surface area contributed by atoms with Crippen molar-refractivity contribution in [2.24, 2.45) is 0 Å². The van der Waals surface area contributed by atoms with Crippen LogP contribution in [0.15, 0.2) is 22.7 Å². The van der Waals surface area contributed by atoms with Crippen LogP contribution in [0, 0.1) is 6.92 Å². The largest absolute Gasteiger partial charge is 0.405 e. The van der Waals surface area contributed by atoms with Crippen molar-refractivity contribution in [3.05, 3.63) is 33.8 Å². The monoisotopic (exact) mass is 295 g/mol. The summed E-state index contributed by atoms with van der Waals surface area (Å²) in [4.78, 5) is 11.4. The third-order valence-corrected chi connectivity index (χ3v) is 2.82. The van der Waals surface area contributed by atoms with E-state index >= 15 is 0 Å². The molecule has 0 radical (unpaired) electrons. The molecule has 1 amide bonds. The molecule has 0 aromatic heterocycles. The van der Waals surface area contributed by atoms with Gasteiger partial charge in [-0.3, -0.25) is 4.79 Å². The molecule has 0 saturated heterocycles. The quantitative estimate of drug-likeness (QED) is 0.893. The van der Waals surface area contributed by atoms with Crippen LogP contribution in [0.4, 0.5) is 13.2 Å². The number of nitrogens with one attached hydrogen (secondary N) is 1. The average molecular weight is 296 g/mol. The number of halogens is 4. The van der Waals surface area contributed by atoms with Crippen LogP contribution < -0.4 is 5.32 Å². The van der Waals surface area contributed by atoms with Gasteiger partial charge in [-0.05, 0) is 24.6 Å². The van der Waals surface area contributed by atoms with Crippen molar-refractivity contribution in [3.63, 3.8) is 0 Å². The maximum absolute atomic E-state index is 11.9. The zero-order valence-corrected chi connectivity index (χ0v) is 9.95. The highest BCUT2D eigenvalue weighted by Crippen LogP contribution is 2.19. The highest BCUT2D eigenvalue weighted by molar-refractivity contribution is 9.10. The Bertz CT molecular complexity index is 404. The third-order valence-electron chi connectivity index (χ3n) is 1.96. The standard InChI is InChI=1S/C10H9BrF3NO/c1-6-7(3-2-4-8(6)11)9(16)15-5-10(12,13)14/h2-4H,5H2,1H3,(H,15,16). The Hall–Kier alpha value is -1.04. The molecule has 1 N–H and O–H groups in total. The smallest absolute Gasteiger partial charge is 0.343 e. The molecule has 0 aliphatic carbocycles. The van der Waals surface area contributed by atoms with E-state index in [1.54, 1.807) is 19.1 Å². The van der Waals surface area contributed by atoms with Crippen LogP contribution in [-0.2, 0) is 0 Å². The Morgan fingerprint density at radius 1 is 1.44 bits per heavy atom. The highest BCUT2D eigenvalue weighted by Gasteiger charge is 2.28. The molecule has 0 bridgehead atoms. The van der Waals surface area contributed by atoms with E-state index in [4.69, 9.17) is 0 Å². The van der Waals surface area contributed by atoms with Gasteiger partial charge in [0.15, 0.2) is 0 Å². The summed E-state index contributed by atoms with van der Waals surface area (Å²) >= 11 is 3.20. The van der Waals surface area contributed by atoms with Crippen LogP contribution in [-0.4, -0.2) is 18.6 Å². The van der Waals surface area contributed by atoms with Gasteiger partial charge >= 0.3 is 6.18 Å².